The molecule has 1 saturated heterocycles. The van der Waals surface area contributed by atoms with Crippen molar-refractivity contribution in [1.29, 1.82) is 0 Å². The second-order valence-corrected chi connectivity index (χ2v) is 10.5. The van der Waals surface area contributed by atoms with Gasteiger partial charge in [0.25, 0.3) is 0 Å². The lowest BCUT2D eigenvalue weighted by atomic mass is 9.85. The van der Waals surface area contributed by atoms with Crippen molar-refractivity contribution in [1.82, 2.24) is 20.9 Å². The molecule has 1 aliphatic carbocycles. The van der Waals surface area contributed by atoms with Crippen molar-refractivity contribution in [2.75, 3.05) is 39.8 Å². The molecule has 3 amide bonds. The maximum Gasteiger partial charge on any atom is 0.404 e. The molecule has 202 valence electrons. The van der Waals surface area contributed by atoms with Crippen LogP contribution in [0.1, 0.15) is 63.0 Å². The van der Waals surface area contributed by atoms with Gasteiger partial charge in [0.2, 0.25) is 0 Å². The van der Waals surface area contributed by atoms with Crippen molar-refractivity contribution < 1.29 is 23.8 Å². The topological polar surface area (TPSA) is 103 Å². The Kier molecular flexibility index (Phi) is 11.5. The molecular formula is C26H40ClFN4O4. The first kappa shape index (κ1) is 28.5. The number of rotatable bonds is 11. The summed E-state index contributed by atoms with van der Waals surface area (Å²) in [6, 6.07) is 4.30. The number of likely N-dealkylation sites (tertiary alicyclic amines) is 1. The number of urea groups is 1. The predicted molar refractivity (Wildman–Crippen MR) is 138 cm³/mol. The Balaban J connectivity index is 1.65. The molecule has 2 aliphatic rings. The molecule has 1 aromatic carbocycles. The van der Waals surface area contributed by atoms with Crippen LogP contribution in [0.3, 0.4) is 0 Å². The standard InChI is InChI=1S/C26H40ClFN4O4/c1-29-16-23(12-18-6-3-2-4-7-18)31-25(33)32-10-5-8-19(17-32)24(36-11-9-30-26(34)35)20-13-21(27)15-22(28)14-20/h13-15,18-19,23-24,29-30H,2-12,16-17H2,1H3,(H,31,33)(H,34,35)/t19-,23+,24-/m1/s1. The van der Waals surface area contributed by atoms with Crippen molar-refractivity contribution in [3.63, 3.8) is 0 Å². The van der Waals surface area contributed by atoms with E-state index in [-0.39, 0.29) is 36.2 Å². The molecule has 0 radical (unpaired) electrons. The van der Waals surface area contributed by atoms with E-state index in [1.54, 1.807) is 6.07 Å². The Morgan fingerprint density at radius 3 is 2.67 bits per heavy atom. The molecule has 3 atom stereocenters. The average Bonchev–Trinajstić information content (AvgIpc) is 2.84. The first-order chi connectivity index (χ1) is 17.4. The van der Waals surface area contributed by atoms with Crippen molar-refractivity contribution in [3.8, 4) is 0 Å². The van der Waals surface area contributed by atoms with E-state index in [0.717, 1.165) is 25.8 Å². The molecule has 36 heavy (non-hydrogen) atoms. The van der Waals surface area contributed by atoms with E-state index in [9.17, 15) is 14.0 Å². The third kappa shape index (κ3) is 9.09. The Labute approximate surface area is 218 Å². The lowest BCUT2D eigenvalue weighted by molar-refractivity contribution is -0.00866. The molecule has 0 bridgehead atoms. The number of hydrogen-bond donors (Lipinski definition) is 4. The quantitative estimate of drug-likeness (QED) is 0.311. The van der Waals surface area contributed by atoms with E-state index in [2.05, 4.69) is 16.0 Å². The van der Waals surface area contributed by atoms with Crippen molar-refractivity contribution >= 4 is 23.7 Å². The molecule has 8 nitrogen and oxygen atoms in total. The van der Waals surface area contributed by atoms with E-state index in [1.165, 1.54) is 44.2 Å². The van der Waals surface area contributed by atoms with E-state index < -0.39 is 18.0 Å². The summed E-state index contributed by atoms with van der Waals surface area (Å²) in [6.07, 6.45) is 7.24. The molecule has 0 unspecified atom stereocenters. The number of carboxylic acid groups (broad SMARTS) is 1. The highest BCUT2D eigenvalue weighted by atomic mass is 35.5. The Morgan fingerprint density at radius 2 is 1.97 bits per heavy atom. The molecular weight excluding hydrogens is 487 g/mol. The van der Waals surface area contributed by atoms with Crippen LogP contribution < -0.4 is 16.0 Å². The Morgan fingerprint density at radius 1 is 1.19 bits per heavy atom. The monoisotopic (exact) mass is 526 g/mol. The molecule has 1 aliphatic heterocycles. The number of hydrogen-bond acceptors (Lipinski definition) is 4. The lowest BCUT2D eigenvalue weighted by Gasteiger charge is -2.38. The molecule has 3 rings (SSSR count). The van der Waals surface area contributed by atoms with Crippen LogP contribution in [0, 0.1) is 17.7 Å². The summed E-state index contributed by atoms with van der Waals surface area (Å²) < 4.78 is 20.2. The van der Waals surface area contributed by atoms with Gasteiger partial charge < -0.3 is 30.7 Å². The normalized spacial score (nSPS) is 20.5. The van der Waals surface area contributed by atoms with E-state index >= 15 is 0 Å². The van der Waals surface area contributed by atoms with Crippen molar-refractivity contribution in [2.24, 2.45) is 11.8 Å². The van der Waals surface area contributed by atoms with Gasteiger partial charge in [-0.25, -0.2) is 14.0 Å². The number of ether oxygens (including phenoxy) is 1. The fourth-order valence-corrected chi connectivity index (χ4v) is 5.79. The third-order valence-corrected chi connectivity index (χ3v) is 7.40. The summed E-state index contributed by atoms with van der Waals surface area (Å²) in [7, 11) is 1.90. The number of benzene rings is 1. The zero-order valence-electron chi connectivity index (χ0n) is 21.1. The second-order valence-electron chi connectivity index (χ2n) is 10.0. The van der Waals surface area contributed by atoms with Gasteiger partial charge in [0.05, 0.1) is 12.7 Å². The van der Waals surface area contributed by atoms with Crippen LogP contribution in [0.2, 0.25) is 5.02 Å². The van der Waals surface area contributed by atoms with Gasteiger partial charge in [0, 0.05) is 43.2 Å². The third-order valence-electron chi connectivity index (χ3n) is 7.18. The van der Waals surface area contributed by atoms with Gasteiger partial charge in [-0.1, -0.05) is 43.7 Å². The molecule has 0 spiro atoms. The number of piperidine rings is 1. The molecule has 1 saturated carbocycles. The van der Waals surface area contributed by atoms with Gasteiger partial charge in [-0.15, -0.1) is 0 Å². The fourth-order valence-electron chi connectivity index (χ4n) is 5.56. The van der Waals surface area contributed by atoms with Crippen molar-refractivity contribution in [2.45, 2.75) is 63.5 Å². The zero-order valence-corrected chi connectivity index (χ0v) is 21.9. The number of carbonyl (C=O) groups is 2. The first-order valence-corrected chi connectivity index (χ1v) is 13.5. The number of carbonyl (C=O) groups excluding carboxylic acids is 1. The smallest absolute Gasteiger partial charge is 0.404 e. The molecule has 0 aromatic heterocycles. The van der Waals surface area contributed by atoms with Crippen LogP contribution in [-0.2, 0) is 4.74 Å². The Hall–Kier alpha value is -2.10. The van der Waals surface area contributed by atoms with E-state index in [0.29, 0.717) is 24.6 Å². The van der Waals surface area contributed by atoms with Crippen LogP contribution in [0.5, 0.6) is 0 Å². The summed E-state index contributed by atoms with van der Waals surface area (Å²) >= 11 is 6.12. The highest BCUT2D eigenvalue weighted by Gasteiger charge is 2.32. The second kappa shape index (κ2) is 14.6. The van der Waals surface area contributed by atoms with E-state index in [4.69, 9.17) is 21.4 Å². The number of likely N-dealkylation sites (N-methyl/N-ethyl adjacent to an activating group) is 1. The summed E-state index contributed by atoms with van der Waals surface area (Å²) in [4.78, 5) is 25.9. The molecule has 1 aromatic rings. The number of amides is 3. The SMILES string of the molecule is CNC[C@H](CC1CCCCC1)NC(=O)N1CCC[C@@H]([C@@H](OCCNC(=O)O)c2cc(F)cc(Cl)c2)C1. The lowest BCUT2D eigenvalue weighted by Crippen LogP contribution is -2.52. The van der Waals surface area contributed by atoms with Gasteiger partial charge in [0.1, 0.15) is 5.82 Å². The Bertz CT molecular complexity index is 835. The number of nitrogens with zero attached hydrogens (tertiary/aromatic N) is 1. The van der Waals surface area contributed by atoms with Gasteiger partial charge in [-0.2, -0.15) is 0 Å². The number of nitrogens with one attached hydrogen (secondary N) is 3. The van der Waals surface area contributed by atoms with Gasteiger partial charge in [-0.05, 0) is 56.0 Å². The van der Waals surface area contributed by atoms with Crippen molar-refractivity contribution in [3.05, 3.63) is 34.6 Å². The van der Waals surface area contributed by atoms with Crippen LogP contribution in [0.15, 0.2) is 18.2 Å². The predicted octanol–water partition coefficient (Wildman–Crippen LogP) is 4.78. The number of halogens is 2. The fraction of sp³-hybridized carbons (Fsp3) is 0.692. The van der Waals surface area contributed by atoms with Gasteiger partial charge >= 0.3 is 12.1 Å². The minimum absolute atomic E-state index is 0.0714. The van der Waals surface area contributed by atoms with E-state index in [1.807, 2.05) is 11.9 Å². The highest BCUT2D eigenvalue weighted by molar-refractivity contribution is 6.30. The first-order valence-electron chi connectivity index (χ1n) is 13.1. The van der Waals surface area contributed by atoms with Crippen LogP contribution in [-0.4, -0.2) is 68.0 Å². The summed E-state index contributed by atoms with van der Waals surface area (Å²) in [6.45, 7) is 2.07. The molecule has 4 N–H and O–H groups in total. The maximum atomic E-state index is 14.2. The maximum absolute atomic E-state index is 14.2. The minimum atomic E-state index is -1.13. The van der Waals surface area contributed by atoms with Crippen LogP contribution in [0.4, 0.5) is 14.0 Å². The largest absolute Gasteiger partial charge is 0.465 e. The molecule has 10 heteroatoms. The molecule has 1 heterocycles. The van der Waals surface area contributed by atoms with Crippen LogP contribution in [0.25, 0.3) is 0 Å². The van der Waals surface area contributed by atoms with Gasteiger partial charge in [0.15, 0.2) is 0 Å². The summed E-state index contributed by atoms with van der Waals surface area (Å²) in [5, 5.41) is 17.8. The molecule has 2 fully saturated rings. The van der Waals surface area contributed by atoms with Crippen LogP contribution >= 0.6 is 11.6 Å². The average molecular weight is 527 g/mol. The van der Waals surface area contributed by atoms with Gasteiger partial charge in [-0.3, -0.25) is 0 Å². The summed E-state index contributed by atoms with van der Waals surface area (Å²) in [5.41, 5.74) is 0.591. The minimum Gasteiger partial charge on any atom is -0.465 e. The summed E-state index contributed by atoms with van der Waals surface area (Å²) in [5.74, 6) is 0.118. The zero-order chi connectivity index (χ0) is 25.9. The highest BCUT2D eigenvalue weighted by Crippen LogP contribution is 2.34.